The predicted octanol–water partition coefficient (Wildman–Crippen LogP) is 0.917. The summed E-state index contributed by atoms with van der Waals surface area (Å²) in [4.78, 5) is 11.4. The van der Waals surface area contributed by atoms with Crippen LogP contribution < -0.4 is 5.32 Å². The minimum absolute atomic E-state index is 0.288. The molecule has 1 amide bonds. The fourth-order valence-corrected chi connectivity index (χ4v) is 1.03. The molecule has 5 heteroatoms. The highest BCUT2D eigenvalue weighted by Crippen LogP contribution is 2.45. The molecule has 5 nitrogen and oxygen atoms in total. The van der Waals surface area contributed by atoms with Gasteiger partial charge in [0.05, 0.1) is 6.07 Å². The van der Waals surface area contributed by atoms with E-state index in [0.717, 1.165) is 0 Å². The number of nitrogens with zero attached hydrogens (tertiary/aromatic N) is 2. The van der Waals surface area contributed by atoms with Gasteiger partial charge in [0.2, 0.25) is 5.91 Å². The molecule has 1 fully saturated rings. The SMILES string of the molecule is N#CC1(C(=O)Nc2ccon2)CC1. The summed E-state index contributed by atoms with van der Waals surface area (Å²) in [7, 11) is 0. The summed E-state index contributed by atoms with van der Waals surface area (Å²) in [6.45, 7) is 0. The van der Waals surface area contributed by atoms with Gasteiger partial charge in [-0.1, -0.05) is 5.16 Å². The topological polar surface area (TPSA) is 78.9 Å². The standard InChI is InChI=1S/C8H7N3O2/c9-5-8(2-3-8)7(12)10-6-1-4-13-11-6/h1,4H,2-3H2,(H,10,11,12). The molecule has 13 heavy (non-hydrogen) atoms. The third-order valence-electron chi connectivity index (χ3n) is 2.08. The van der Waals surface area contributed by atoms with Crippen molar-refractivity contribution >= 4 is 11.7 Å². The molecular formula is C8H7N3O2. The van der Waals surface area contributed by atoms with Crippen LogP contribution in [0.3, 0.4) is 0 Å². The summed E-state index contributed by atoms with van der Waals surface area (Å²) >= 11 is 0. The van der Waals surface area contributed by atoms with Gasteiger partial charge in [-0.05, 0) is 12.8 Å². The number of carbonyl (C=O) groups excluding carboxylic acids is 1. The Kier molecular flexibility index (Phi) is 1.55. The quantitative estimate of drug-likeness (QED) is 0.728. The smallest absolute Gasteiger partial charge is 0.246 e. The Balaban J connectivity index is 2.05. The maximum atomic E-state index is 11.4. The van der Waals surface area contributed by atoms with E-state index >= 15 is 0 Å². The number of anilines is 1. The molecule has 1 N–H and O–H groups in total. The Labute approximate surface area is 74.3 Å². The number of rotatable bonds is 2. The zero-order valence-electron chi connectivity index (χ0n) is 6.78. The number of amides is 1. The van der Waals surface area contributed by atoms with Crippen molar-refractivity contribution < 1.29 is 9.32 Å². The van der Waals surface area contributed by atoms with Crippen molar-refractivity contribution in [3.8, 4) is 6.07 Å². The molecule has 0 aromatic carbocycles. The van der Waals surface area contributed by atoms with Crippen molar-refractivity contribution in [3.05, 3.63) is 12.3 Å². The molecule has 0 aliphatic heterocycles. The first kappa shape index (κ1) is 7.80. The highest BCUT2D eigenvalue weighted by Gasteiger charge is 2.50. The lowest BCUT2D eigenvalue weighted by Gasteiger charge is -2.03. The molecule has 0 unspecified atom stereocenters. The van der Waals surface area contributed by atoms with Crippen LogP contribution in [0.5, 0.6) is 0 Å². The van der Waals surface area contributed by atoms with Crippen LogP contribution >= 0.6 is 0 Å². The van der Waals surface area contributed by atoms with Gasteiger partial charge < -0.3 is 9.84 Å². The molecule has 1 saturated carbocycles. The number of hydrogen-bond donors (Lipinski definition) is 1. The van der Waals surface area contributed by atoms with Gasteiger partial charge in [0.1, 0.15) is 11.7 Å². The number of aromatic nitrogens is 1. The minimum atomic E-state index is -0.807. The van der Waals surface area contributed by atoms with Gasteiger partial charge in [0.25, 0.3) is 0 Å². The van der Waals surface area contributed by atoms with Crippen molar-refractivity contribution in [1.29, 1.82) is 5.26 Å². The van der Waals surface area contributed by atoms with E-state index in [1.54, 1.807) is 0 Å². The van der Waals surface area contributed by atoms with Crippen molar-refractivity contribution in [2.45, 2.75) is 12.8 Å². The van der Waals surface area contributed by atoms with Gasteiger partial charge in [-0.2, -0.15) is 5.26 Å². The van der Waals surface area contributed by atoms with E-state index in [-0.39, 0.29) is 5.91 Å². The molecule has 1 aliphatic carbocycles. The second-order valence-corrected chi connectivity index (χ2v) is 3.03. The zero-order valence-corrected chi connectivity index (χ0v) is 6.78. The van der Waals surface area contributed by atoms with E-state index in [9.17, 15) is 4.79 Å². The summed E-state index contributed by atoms with van der Waals surface area (Å²) in [5.74, 6) is 0.0652. The summed E-state index contributed by atoms with van der Waals surface area (Å²) in [6.07, 6.45) is 2.63. The van der Waals surface area contributed by atoms with E-state index in [2.05, 4.69) is 15.0 Å². The molecule has 0 atom stereocenters. The van der Waals surface area contributed by atoms with Gasteiger partial charge in [-0.15, -0.1) is 0 Å². The van der Waals surface area contributed by atoms with Gasteiger partial charge >= 0.3 is 0 Å². The van der Waals surface area contributed by atoms with Crippen molar-refractivity contribution in [3.63, 3.8) is 0 Å². The molecular weight excluding hydrogens is 170 g/mol. The minimum Gasteiger partial charge on any atom is -0.363 e. The molecule has 1 heterocycles. The molecule has 1 aliphatic rings. The van der Waals surface area contributed by atoms with Crippen LogP contribution in [0.25, 0.3) is 0 Å². The fraction of sp³-hybridized carbons (Fsp3) is 0.375. The third kappa shape index (κ3) is 1.26. The Morgan fingerprint density at radius 2 is 2.54 bits per heavy atom. The molecule has 0 radical (unpaired) electrons. The fourth-order valence-electron chi connectivity index (χ4n) is 1.03. The number of carbonyl (C=O) groups is 1. The van der Waals surface area contributed by atoms with E-state index in [1.165, 1.54) is 12.3 Å². The summed E-state index contributed by atoms with van der Waals surface area (Å²) in [5.41, 5.74) is -0.807. The van der Waals surface area contributed by atoms with Crippen molar-refractivity contribution in [2.24, 2.45) is 5.41 Å². The zero-order chi connectivity index (χ0) is 9.31. The Hall–Kier alpha value is -1.83. The van der Waals surface area contributed by atoms with E-state index in [1.807, 2.05) is 6.07 Å². The highest BCUT2D eigenvalue weighted by molar-refractivity contribution is 5.98. The normalized spacial score (nSPS) is 17.5. The summed E-state index contributed by atoms with van der Waals surface area (Å²) in [6, 6.07) is 3.53. The monoisotopic (exact) mass is 177 g/mol. The van der Waals surface area contributed by atoms with Crippen molar-refractivity contribution in [1.82, 2.24) is 5.16 Å². The van der Waals surface area contributed by atoms with Crippen LogP contribution in [0.4, 0.5) is 5.82 Å². The van der Waals surface area contributed by atoms with Crippen LogP contribution in [0.2, 0.25) is 0 Å². The average molecular weight is 177 g/mol. The highest BCUT2D eigenvalue weighted by atomic mass is 16.5. The Morgan fingerprint density at radius 3 is 3.00 bits per heavy atom. The number of hydrogen-bond acceptors (Lipinski definition) is 4. The average Bonchev–Trinajstić information content (AvgIpc) is 2.79. The Bertz CT molecular complexity index is 359. The van der Waals surface area contributed by atoms with Gasteiger partial charge in [-0.25, -0.2) is 0 Å². The molecule has 2 rings (SSSR count). The Morgan fingerprint density at radius 1 is 1.77 bits per heavy atom. The van der Waals surface area contributed by atoms with Crippen LogP contribution in [0.1, 0.15) is 12.8 Å². The predicted molar refractivity (Wildman–Crippen MR) is 42.4 cm³/mol. The molecule has 1 aromatic rings. The lowest BCUT2D eigenvalue weighted by atomic mass is 10.1. The third-order valence-corrected chi connectivity index (χ3v) is 2.08. The molecule has 0 spiro atoms. The van der Waals surface area contributed by atoms with Gasteiger partial charge in [-0.3, -0.25) is 4.79 Å². The van der Waals surface area contributed by atoms with Crippen LogP contribution in [-0.4, -0.2) is 11.1 Å². The van der Waals surface area contributed by atoms with Crippen LogP contribution in [0.15, 0.2) is 16.9 Å². The maximum absolute atomic E-state index is 11.4. The number of nitriles is 1. The molecule has 66 valence electrons. The van der Waals surface area contributed by atoms with Gasteiger partial charge in [0.15, 0.2) is 5.82 Å². The van der Waals surface area contributed by atoms with Crippen molar-refractivity contribution in [2.75, 3.05) is 5.32 Å². The lowest BCUT2D eigenvalue weighted by Crippen LogP contribution is -2.22. The first-order chi connectivity index (χ1) is 6.27. The maximum Gasteiger partial charge on any atom is 0.246 e. The first-order valence-electron chi connectivity index (χ1n) is 3.90. The molecule has 0 bridgehead atoms. The largest absolute Gasteiger partial charge is 0.363 e. The molecule has 0 saturated heterocycles. The molecule has 1 aromatic heterocycles. The van der Waals surface area contributed by atoms with E-state index < -0.39 is 5.41 Å². The number of nitrogens with one attached hydrogen (secondary N) is 1. The van der Waals surface area contributed by atoms with Crippen LogP contribution in [0, 0.1) is 16.7 Å². The summed E-state index contributed by atoms with van der Waals surface area (Å²) < 4.78 is 4.53. The summed E-state index contributed by atoms with van der Waals surface area (Å²) in [5, 5.41) is 14.7. The second kappa shape index (κ2) is 2.59. The van der Waals surface area contributed by atoms with Gasteiger partial charge in [0, 0.05) is 6.07 Å². The lowest BCUT2D eigenvalue weighted by molar-refractivity contribution is -0.119. The second-order valence-electron chi connectivity index (χ2n) is 3.03. The van der Waals surface area contributed by atoms with E-state index in [0.29, 0.717) is 18.7 Å². The first-order valence-corrected chi connectivity index (χ1v) is 3.90. The van der Waals surface area contributed by atoms with Crippen LogP contribution in [-0.2, 0) is 4.79 Å². The van der Waals surface area contributed by atoms with E-state index in [4.69, 9.17) is 5.26 Å².